The Morgan fingerprint density at radius 1 is 1.40 bits per heavy atom. The van der Waals surface area contributed by atoms with Gasteiger partial charge in [0, 0.05) is 37.6 Å². The van der Waals surface area contributed by atoms with Crippen LogP contribution in [0, 0.1) is 0 Å². The van der Waals surface area contributed by atoms with Crippen molar-refractivity contribution < 1.29 is 9.53 Å². The summed E-state index contributed by atoms with van der Waals surface area (Å²) in [6, 6.07) is 5.95. The highest BCUT2D eigenvalue weighted by Crippen LogP contribution is 2.32. The molecule has 0 spiro atoms. The quantitative estimate of drug-likeness (QED) is 0.915. The number of nitrogens with two attached hydrogens (primary N) is 1. The van der Waals surface area contributed by atoms with Crippen molar-refractivity contribution in [2.75, 3.05) is 27.2 Å². The van der Waals surface area contributed by atoms with Crippen molar-refractivity contribution in [1.29, 1.82) is 0 Å². The topological polar surface area (TPSA) is 60.5 Å². The molecular weight excluding hydrogens is 254 g/mol. The van der Waals surface area contributed by atoms with Gasteiger partial charge in [0.05, 0.1) is 7.11 Å². The highest BCUT2D eigenvalue weighted by atomic mass is 16.5. The van der Waals surface area contributed by atoms with Gasteiger partial charge in [0.25, 0.3) is 5.91 Å². The molecule has 106 valence electrons. The Kier molecular flexibility index (Phi) is 3.14. The molecule has 3 rings (SSSR count). The number of rotatable bonds is 3. The minimum Gasteiger partial charge on any atom is -0.497 e. The number of nitrogens with zero attached hydrogens (tertiary/aromatic N) is 2. The highest BCUT2D eigenvalue weighted by molar-refractivity contribution is 6.03. The average molecular weight is 273 g/mol. The van der Waals surface area contributed by atoms with Crippen LogP contribution >= 0.6 is 0 Å². The molecule has 1 aliphatic heterocycles. The second-order valence-corrected chi connectivity index (χ2v) is 5.13. The zero-order chi connectivity index (χ0) is 14.3. The van der Waals surface area contributed by atoms with Gasteiger partial charge in [0.2, 0.25) is 0 Å². The molecule has 1 aromatic heterocycles. The Morgan fingerprint density at radius 3 is 2.90 bits per heavy atom. The standard InChI is InChI=1S/C15H19N3O2/c1-17-7-5-11-12-9-10(20-2)3-4-13(12)18(8-6-16)14(11)15(17)19/h3-4,9H,5-8,16H2,1-2H3. The molecule has 1 aliphatic rings. The first-order valence-electron chi connectivity index (χ1n) is 6.82. The van der Waals surface area contributed by atoms with Crippen LogP contribution in [0.25, 0.3) is 10.9 Å². The maximum atomic E-state index is 12.5. The zero-order valence-corrected chi connectivity index (χ0v) is 11.8. The number of methoxy groups -OCH3 is 1. The fourth-order valence-corrected chi connectivity index (χ4v) is 2.95. The van der Waals surface area contributed by atoms with Crippen molar-refractivity contribution in [3.63, 3.8) is 0 Å². The van der Waals surface area contributed by atoms with E-state index >= 15 is 0 Å². The largest absolute Gasteiger partial charge is 0.497 e. The second-order valence-electron chi connectivity index (χ2n) is 5.13. The van der Waals surface area contributed by atoms with Crippen LogP contribution < -0.4 is 10.5 Å². The number of carbonyl (C=O) groups excluding carboxylic acids is 1. The summed E-state index contributed by atoms with van der Waals surface area (Å²) in [4.78, 5) is 14.2. The van der Waals surface area contributed by atoms with E-state index in [4.69, 9.17) is 10.5 Å². The van der Waals surface area contributed by atoms with Crippen LogP contribution in [0.5, 0.6) is 5.75 Å². The van der Waals surface area contributed by atoms with Crippen LogP contribution in [-0.4, -0.2) is 42.6 Å². The molecule has 0 unspecified atom stereocenters. The van der Waals surface area contributed by atoms with Crippen molar-refractivity contribution in [3.8, 4) is 5.75 Å². The molecule has 1 amide bonds. The van der Waals surface area contributed by atoms with Gasteiger partial charge in [0.1, 0.15) is 11.4 Å². The number of hydrogen-bond acceptors (Lipinski definition) is 3. The van der Waals surface area contributed by atoms with E-state index in [1.165, 1.54) is 0 Å². The number of carbonyl (C=O) groups is 1. The average Bonchev–Trinajstić information content (AvgIpc) is 2.77. The zero-order valence-electron chi connectivity index (χ0n) is 11.8. The van der Waals surface area contributed by atoms with E-state index in [-0.39, 0.29) is 5.91 Å². The van der Waals surface area contributed by atoms with Crippen molar-refractivity contribution in [2.24, 2.45) is 5.73 Å². The Hall–Kier alpha value is -2.01. The molecule has 2 aromatic rings. The Labute approximate surface area is 117 Å². The minimum absolute atomic E-state index is 0.0786. The molecule has 0 saturated carbocycles. The Bertz CT molecular complexity index is 675. The van der Waals surface area contributed by atoms with Crippen LogP contribution in [0.1, 0.15) is 16.1 Å². The SMILES string of the molecule is COc1ccc2c(c1)c1c(n2CCN)C(=O)N(C)CC1. The second kappa shape index (κ2) is 4.83. The summed E-state index contributed by atoms with van der Waals surface area (Å²) in [5.41, 5.74) is 8.68. The molecule has 0 bridgehead atoms. The van der Waals surface area contributed by atoms with Gasteiger partial charge in [-0.1, -0.05) is 0 Å². The van der Waals surface area contributed by atoms with Gasteiger partial charge in [-0.15, -0.1) is 0 Å². The maximum Gasteiger partial charge on any atom is 0.270 e. The van der Waals surface area contributed by atoms with E-state index in [1.807, 2.05) is 29.8 Å². The summed E-state index contributed by atoms with van der Waals surface area (Å²) in [6.07, 6.45) is 0.874. The summed E-state index contributed by atoms with van der Waals surface area (Å²) in [5, 5.41) is 1.11. The van der Waals surface area contributed by atoms with Crippen LogP contribution in [0.15, 0.2) is 18.2 Å². The molecule has 5 nitrogen and oxygen atoms in total. The van der Waals surface area contributed by atoms with E-state index in [1.54, 1.807) is 12.0 Å². The minimum atomic E-state index is 0.0786. The lowest BCUT2D eigenvalue weighted by Gasteiger charge is -2.24. The van der Waals surface area contributed by atoms with E-state index in [0.717, 1.165) is 40.9 Å². The number of aromatic nitrogens is 1. The van der Waals surface area contributed by atoms with Gasteiger partial charge in [-0.2, -0.15) is 0 Å². The molecule has 2 N–H and O–H groups in total. The molecule has 0 aliphatic carbocycles. The van der Waals surface area contributed by atoms with Gasteiger partial charge < -0.3 is 19.9 Å². The first-order chi connectivity index (χ1) is 9.67. The van der Waals surface area contributed by atoms with E-state index in [2.05, 4.69) is 0 Å². The molecular formula is C15H19N3O2. The van der Waals surface area contributed by atoms with Crippen molar-refractivity contribution >= 4 is 16.8 Å². The van der Waals surface area contributed by atoms with Gasteiger partial charge in [-0.25, -0.2) is 0 Å². The molecule has 5 heteroatoms. The van der Waals surface area contributed by atoms with E-state index < -0.39 is 0 Å². The van der Waals surface area contributed by atoms with Crippen LogP contribution in [0.2, 0.25) is 0 Å². The third kappa shape index (κ3) is 1.78. The fraction of sp³-hybridized carbons (Fsp3) is 0.400. The molecule has 1 aromatic carbocycles. The lowest BCUT2D eigenvalue weighted by molar-refractivity contribution is 0.0770. The first-order valence-corrected chi connectivity index (χ1v) is 6.82. The number of hydrogen-bond donors (Lipinski definition) is 1. The molecule has 0 fully saturated rings. The van der Waals surface area contributed by atoms with Gasteiger partial charge in [-0.3, -0.25) is 4.79 Å². The monoisotopic (exact) mass is 273 g/mol. The highest BCUT2D eigenvalue weighted by Gasteiger charge is 2.28. The molecule has 0 atom stereocenters. The predicted molar refractivity (Wildman–Crippen MR) is 78.2 cm³/mol. The molecule has 0 radical (unpaired) electrons. The Balaban J connectivity index is 2.30. The van der Waals surface area contributed by atoms with Gasteiger partial charge in [0.15, 0.2) is 0 Å². The van der Waals surface area contributed by atoms with Crippen molar-refractivity contribution in [3.05, 3.63) is 29.5 Å². The number of ether oxygens (including phenoxy) is 1. The van der Waals surface area contributed by atoms with Crippen LogP contribution in [-0.2, 0) is 13.0 Å². The summed E-state index contributed by atoms with van der Waals surface area (Å²) in [7, 11) is 3.50. The number of likely N-dealkylation sites (N-methyl/N-ethyl adjacent to an activating group) is 1. The number of amides is 1. The van der Waals surface area contributed by atoms with Crippen molar-refractivity contribution in [2.45, 2.75) is 13.0 Å². The number of benzene rings is 1. The van der Waals surface area contributed by atoms with Crippen LogP contribution in [0.3, 0.4) is 0 Å². The summed E-state index contributed by atoms with van der Waals surface area (Å²) in [5.74, 6) is 0.895. The maximum absolute atomic E-state index is 12.5. The predicted octanol–water partition coefficient (Wildman–Crippen LogP) is 1.24. The lowest BCUT2D eigenvalue weighted by atomic mass is 10.0. The summed E-state index contributed by atoms with van der Waals surface area (Å²) in [6.45, 7) is 1.92. The van der Waals surface area contributed by atoms with Crippen molar-refractivity contribution in [1.82, 2.24) is 9.47 Å². The van der Waals surface area contributed by atoms with Gasteiger partial charge in [-0.05, 0) is 30.2 Å². The molecule has 20 heavy (non-hydrogen) atoms. The molecule has 0 saturated heterocycles. The number of fused-ring (bicyclic) bond motifs is 3. The first kappa shape index (κ1) is 13.0. The van der Waals surface area contributed by atoms with E-state index in [9.17, 15) is 4.79 Å². The molecule has 2 heterocycles. The van der Waals surface area contributed by atoms with Crippen LogP contribution in [0.4, 0.5) is 0 Å². The normalized spacial score (nSPS) is 14.8. The summed E-state index contributed by atoms with van der Waals surface area (Å²) < 4.78 is 7.34. The van der Waals surface area contributed by atoms with Gasteiger partial charge >= 0.3 is 0 Å². The summed E-state index contributed by atoms with van der Waals surface area (Å²) >= 11 is 0. The van der Waals surface area contributed by atoms with E-state index in [0.29, 0.717) is 13.1 Å². The Morgan fingerprint density at radius 2 is 2.20 bits per heavy atom. The third-order valence-corrected chi connectivity index (χ3v) is 3.97. The smallest absolute Gasteiger partial charge is 0.270 e. The third-order valence-electron chi connectivity index (χ3n) is 3.97. The fourth-order valence-electron chi connectivity index (χ4n) is 2.95. The lowest BCUT2D eigenvalue weighted by Crippen LogP contribution is -2.35.